The number of nitrogens with one attached hydrogen (secondary N) is 1. The molecule has 2 aromatic rings. The molecule has 110 valence electrons. The second-order valence-electron chi connectivity index (χ2n) is 4.74. The van der Waals surface area contributed by atoms with Crippen LogP contribution in [-0.2, 0) is 10.3 Å². The van der Waals surface area contributed by atoms with Crippen LogP contribution in [0.4, 0.5) is 5.69 Å². The molecule has 0 aliphatic heterocycles. The Morgan fingerprint density at radius 3 is 2.48 bits per heavy atom. The number of rotatable bonds is 5. The van der Waals surface area contributed by atoms with Crippen molar-refractivity contribution in [3.05, 3.63) is 63.0 Å². The van der Waals surface area contributed by atoms with Crippen molar-refractivity contribution in [3.8, 4) is 0 Å². The van der Waals surface area contributed by atoms with E-state index in [4.69, 9.17) is 5.73 Å². The van der Waals surface area contributed by atoms with Gasteiger partial charge < -0.3 is 11.1 Å². The number of benzene rings is 2. The van der Waals surface area contributed by atoms with E-state index in [9.17, 15) is 4.79 Å². The molecular formula is C16H16Br2N2O. The highest BCUT2D eigenvalue weighted by Gasteiger charge is 2.37. The predicted molar refractivity (Wildman–Crippen MR) is 93.1 cm³/mol. The highest BCUT2D eigenvalue weighted by Crippen LogP contribution is 2.34. The van der Waals surface area contributed by atoms with Gasteiger partial charge in [-0.1, -0.05) is 47.1 Å². The minimum Gasteiger partial charge on any atom is -0.367 e. The third-order valence-corrected chi connectivity index (χ3v) is 4.68. The zero-order valence-corrected chi connectivity index (χ0v) is 14.7. The van der Waals surface area contributed by atoms with Crippen molar-refractivity contribution in [1.82, 2.24) is 0 Å². The molecular weight excluding hydrogens is 396 g/mol. The van der Waals surface area contributed by atoms with Gasteiger partial charge in [0.2, 0.25) is 5.91 Å². The van der Waals surface area contributed by atoms with Crippen LogP contribution in [0.25, 0.3) is 0 Å². The van der Waals surface area contributed by atoms with Crippen molar-refractivity contribution < 1.29 is 4.79 Å². The van der Waals surface area contributed by atoms with E-state index in [1.165, 1.54) is 0 Å². The number of hydrogen-bond acceptors (Lipinski definition) is 2. The second kappa shape index (κ2) is 6.62. The summed E-state index contributed by atoms with van der Waals surface area (Å²) in [4.78, 5) is 12.2. The number of nitrogens with two attached hydrogens (primary N) is 1. The van der Waals surface area contributed by atoms with Gasteiger partial charge in [0.1, 0.15) is 5.54 Å². The van der Waals surface area contributed by atoms with Gasteiger partial charge in [0.05, 0.1) is 0 Å². The van der Waals surface area contributed by atoms with Gasteiger partial charge in [0.15, 0.2) is 0 Å². The lowest BCUT2D eigenvalue weighted by Crippen LogP contribution is -2.47. The summed E-state index contributed by atoms with van der Waals surface area (Å²) in [6.07, 6.45) is 0.542. The summed E-state index contributed by atoms with van der Waals surface area (Å²) >= 11 is 6.93. The van der Waals surface area contributed by atoms with E-state index in [1.807, 2.05) is 55.5 Å². The molecule has 1 amide bonds. The molecule has 0 bridgehead atoms. The fourth-order valence-electron chi connectivity index (χ4n) is 2.29. The van der Waals surface area contributed by atoms with Crippen LogP contribution >= 0.6 is 31.9 Å². The molecule has 3 nitrogen and oxygen atoms in total. The lowest BCUT2D eigenvalue weighted by Gasteiger charge is -2.33. The Kier molecular flexibility index (Phi) is 5.06. The Morgan fingerprint density at radius 2 is 1.90 bits per heavy atom. The Labute approximate surface area is 141 Å². The van der Waals surface area contributed by atoms with Crippen LogP contribution < -0.4 is 11.1 Å². The van der Waals surface area contributed by atoms with E-state index >= 15 is 0 Å². The number of carbonyl (C=O) groups excluding carboxylic acids is 1. The molecule has 0 fully saturated rings. The van der Waals surface area contributed by atoms with Crippen LogP contribution in [0.1, 0.15) is 18.9 Å². The zero-order chi connectivity index (χ0) is 15.5. The average Bonchev–Trinajstić information content (AvgIpc) is 2.46. The standard InChI is InChI=1S/C16H16Br2N2O/c1-2-16(15(19)21,11-6-5-7-12(17)10-11)20-14-9-4-3-8-13(14)18/h3-10,20H,2H2,1H3,(H2,19,21). The fraction of sp³-hybridized carbons (Fsp3) is 0.188. The molecule has 3 N–H and O–H groups in total. The summed E-state index contributed by atoms with van der Waals surface area (Å²) in [5.41, 5.74) is 6.45. The van der Waals surface area contributed by atoms with Crippen LogP contribution in [-0.4, -0.2) is 5.91 Å². The predicted octanol–water partition coefficient (Wildman–Crippen LogP) is 4.41. The molecule has 0 radical (unpaired) electrons. The van der Waals surface area contributed by atoms with Crippen molar-refractivity contribution in [1.29, 1.82) is 0 Å². The van der Waals surface area contributed by atoms with E-state index in [0.717, 1.165) is 20.2 Å². The van der Waals surface area contributed by atoms with Gasteiger partial charge in [-0.2, -0.15) is 0 Å². The summed E-state index contributed by atoms with van der Waals surface area (Å²) in [6, 6.07) is 15.3. The van der Waals surface area contributed by atoms with Crippen LogP contribution in [0.5, 0.6) is 0 Å². The number of amides is 1. The molecule has 0 saturated carbocycles. The van der Waals surface area contributed by atoms with Gasteiger partial charge in [-0.05, 0) is 52.2 Å². The molecule has 21 heavy (non-hydrogen) atoms. The highest BCUT2D eigenvalue weighted by atomic mass is 79.9. The average molecular weight is 412 g/mol. The Bertz CT molecular complexity index is 660. The minimum atomic E-state index is -0.951. The molecule has 0 aromatic heterocycles. The number of hydrogen-bond donors (Lipinski definition) is 2. The smallest absolute Gasteiger partial charge is 0.247 e. The molecule has 0 heterocycles. The summed E-state index contributed by atoms with van der Waals surface area (Å²) in [6.45, 7) is 1.94. The highest BCUT2D eigenvalue weighted by molar-refractivity contribution is 9.10. The molecule has 0 aliphatic rings. The summed E-state index contributed by atoms with van der Waals surface area (Å²) in [7, 11) is 0. The Morgan fingerprint density at radius 1 is 1.19 bits per heavy atom. The van der Waals surface area contributed by atoms with Crippen LogP contribution in [0, 0.1) is 0 Å². The maximum absolute atomic E-state index is 12.2. The van der Waals surface area contributed by atoms with Crippen molar-refractivity contribution >= 4 is 43.5 Å². The first-order chi connectivity index (χ1) is 9.99. The summed E-state index contributed by atoms with van der Waals surface area (Å²) < 4.78 is 1.80. The summed E-state index contributed by atoms with van der Waals surface area (Å²) in [5, 5.41) is 3.31. The number of carbonyl (C=O) groups is 1. The lowest BCUT2D eigenvalue weighted by molar-refractivity contribution is -0.122. The normalized spacial score (nSPS) is 13.5. The Hall–Kier alpha value is -1.33. The third kappa shape index (κ3) is 3.30. The van der Waals surface area contributed by atoms with Gasteiger partial charge in [-0.15, -0.1) is 0 Å². The van der Waals surface area contributed by atoms with Gasteiger partial charge in [-0.25, -0.2) is 0 Å². The quantitative estimate of drug-likeness (QED) is 0.765. The summed E-state index contributed by atoms with van der Waals surface area (Å²) in [5.74, 6) is -0.404. The SMILES string of the molecule is CCC(Nc1ccccc1Br)(C(N)=O)c1cccc(Br)c1. The molecule has 0 spiro atoms. The van der Waals surface area contributed by atoms with E-state index in [1.54, 1.807) is 0 Å². The minimum absolute atomic E-state index is 0.404. The van der Waals surface area contributed by atoms with Crippen LogP contribution in [0.3, 0.4) is 0 Å². The van der Waals surface area contributed by atoms with E-state index in [-0.39, 0.29) is 0 Å². The van der Waals surface area contributed by atoms with Crippen LogP contribution in [0.2, 0.25) is 0 Å². The van der Waals surface area contributed by atoms with E-state index in [0.29, 0.717) is 6.42 Å². The zero-order valence-electron chi connectivity index (χ0n) is 11.6. The topological polar surface area (TPSA) is 55.1 Å². The number of anilines is 1. The second-order valence-corrected chi connectivity index (χ2v) is 6.51. The first-order valence-corrected chi connectivity index (χ1v) is 8.17. The van der Waals surface area contributed by atoms with Crippen molar-refractivity contribution in [3.63, 3.8) is 0 Å². The van der Waals surface area contributed by atoms with Crippen molar-refractivity contribution in [2.24, 2.45) is 5.73 Å². The maximum atomic E-state index is 12.2. The fourth-order valence-corrected chi connectivity index (χ4v) is 3.07. The van der Waals surface area contributed by atoms with Crippen LogP contribution in [0.15, 0.2) is 57.5 Å². The van der Waals surface area contributed by atoms with Gasteiger partial charge in [-0.3, -0.25) is 4.79 Å². The first kappa shape index (κ1) is 16.0. The number of halogens is 2. The third-order valence-electron chi connectivity index (χ3n) is 3.49. The monoisotopic (exact) mass is 410 g/mol. The largest absolute Gasteiger partial charge is 0.367 e. The Balaban J connectivity index is 2.53. The van der Waals surface area contributed by atoms with Crippen molar-refractivity contribution in [2.75, 3.05) is 5.32 Å². The maximum Gasteiger partial charge on any atom is 0.247 e. The molecule has 2 aromatic carbocycles. The molecule has 2 rings (SSSR count). The number of para-hydroxylation sites is 1. The molecule has 0 aliphatic carbocycles. The van der Waals surface area contributed by atoms with Gasteiger partial charge >= 0.3 is 0 Å². The lowest BCUT2D eigenvalue weighted by atomic mass is 9.86. The molecule has 1 unspecified atom stereocenters. The molecule has 5 heteroatoms. The van der Waals surface area contributed by atoms with E-state index in [2.05, 4.69) is 37.2 Å². The first-order valence-electron chi connectivity index (χ1n) is 6.58. The molecule has 0 saturated heterocycles. The molecule has 1 atom stereocenters. The van der Waals surface area contributed by atoms with E-state index < -0.39 is 11.4 Å². The number of primary amides is 1. The van der Waals surface area contributed by atoms with Gasteiger partial charge in [0, 0.05) is 14.6 Å². The van der Waals surface area contributed by atoms with Crippen molar-refractivity contribution in [2.45, 2.75) is 18.9 Å². The van der Waals surface area contributed by atoms with Gasteiger partial charge in [0.25, 0.3) is 0 Å².